The van der Waals surface area contributed by atoms with E-state index in [9.17, 15) is 0 Å². The summed E-state index contributed by atoms with van der Waals surface area (Å²) in [7, 11) is 0. The molecule has 0 N–H and O–H groups in total. The summed E-state index contributed by atoms with van der Waals surface area (Å²) in [6, 6.07) is 7.60. The Balaban J connectivity index is 2.05. The molecule has 0 spiro atoms. The lowest BCUT2D eigenvalue weighted by molar-refractivity contribution is 0.575. The van der Waals surface area contributed by atoms with Crippen molar-refractivity contribution in [3.63, 3.8) is 0 Å². The van der Waals surface area contributed by atoms with E-state index in [-0.39, 0.29) is 0 Å². The fourth-order valence-electron chi connectivity index (χ4n) is 1.83. The molecule has 3 heterocycles. The van der Waals surface area contributed by atoms with E-state index in [1.54, 1.807) is 40.9 Å². The molecule has 0 aromatic carbocycles. The number of nitrogens with zero attached hydrogens (tertiary/aromatic N) is 4. The minimum absolute atomic E-state index is 0.709. The number of hydrogen-bond acceptors (Lipinski definition) is 5. The fourth-order valence-corrected chi connectivity index (χ4v) is 2.71. The van der Waals surface area contributed by atoms with Crippen LogP contribution in [0.4, 0.5) is 0 Å². The first-order chi connectivity index (χ1) is 10.4. The van der Waals surface area contributed by atoms with Gasteiger partial charge in [-0.2, -0.15) is 5.10 Å². The zero-order valence-corrected chi connectivity index (χ0v) is 12.3. The molecule has 0 amide bonds. The van der Waals surface area contributed by atoms with Gasteiger partial charge in [-0.3, -0.25) is 9.98 Å². The van der Waals surface area contributed by atoms with Crippen molar-refractivity contribution in [1.82, 2.24) is 9.66 Å². The molecule has 3 rings (SSSR count). The van der Waals surface area contributed by atoms with E-state index < -0.39 is 0 Å². The van der Waals surface area contributed by atoms with Crippen LogP contribution in [0.3, 0.4) is 0 Å². The number of furan rings is 1. The van der Waals surface area contributed by atoms with Crippen LogP contribution in [0, 0.1) is 0 Å². The molecule has 3 aromatic rings. The molecule has 0 radical (unpaired) electrons. The maximum absolute atomic E-state index is 5.46. The smallest absolute Gasteiger partial charge is 0.206 e. The average molecular weight is 298 g/mol. The minimum Gasteiger partial charge on any atom is -0.463 e. The Morgan fingerprint density at radius 3 is 3.05 bits per heavy atom. The van der Waals surface area contributed by atoms with Gasteiger partial charge in [-0.25, -0.2) is 4.68 Å². The second-order valence-electron chi connectivity index (χ2n) is 4.20. The Kier molecular flexibility index (Phi) is 4.07. The third-order valence-electron chi connectivity index (χ3n) is 2.76. The lowest BCUT2D eigenvalue weighted by Crippen LogP contribution is -2.12. The Bertz CT molecular complexity index is 785. The molecule has 0 saturated heterocycles. The summed E-state index contributed by atoms with van der Waals surface area (Å²) in [5.41, 5.74) is 1.82. The second kappa shape index (κ2) is 6.32. The minimum atomic E-state index is 0.709. The van der Waals surface area contributed by atoms with Crippen molar-refractivity contribution in [2.75, 3.05) is 6.54 Å². The van der Waals surface area contributed by atoms with Gasteiger partial charge in [0.15, 0.2) is 5.76 Å². The molecule has 0 fully saturated rings. The highest BCUT2D eigenvalue weighted by Gasteiger charge is 2.09. The normalized spacial score (nSPS) is 12.3. The van der Waals surface area contributed by atoms with Crippen molar-refractivity contribution in [1.29, 1.82) is 0 Å². The van der Waals surface area contributed by atoms with Crippen LogP contribution in [0.25, 0.3) is 11.5 Å². The first kappa shape index (κ1) is 13.5. The molecule has 5 nitrogen and oxygen atoms in total. The van der Waals surface area contributed by atoms with Gasteiger partial charge in [0.1, 0.15) is 5.69 Å². The molecule has 0 aliphatic heterocycles. The second-order valence-corrected chi connectivity index (χ2v) is 5.03. The molecule has 0 aliphatic rings. The summed E-state index contributed by atoms with van der Waals surface area (Å²) < 4.78 is 7.25. The van der Waals surface area contributed by atoms with Crippen molar-refractivity contribution in [2.45, 2.75) is 6.92 Å². The van der Waals surface area contributed by atoms with Gasteiger partial charge in [-0.15, -0.1) is 11.3 Å². The van der Waals surface area contributed by atoms with E-state index in [2.05, 4.69) is 15.1 Å². The summed E-state index contributed by atoms with van der Waals surface area (Å²) in [6.45, 7) is 2.71. The lowest BCUT2D eigenvalue weighted by Gasteiger charge is -2.00. The average Bonchev–Trinajstić information content (AvgIpc) is 3.16. The van der Waals surface area contributed by atoms with Gasteiger partial charge in [0, 0.05) is 29.9 Å². The molecular formula is C15H14N4OS. The van der Waals surface area contributed by atoms with Crippen molar-refractivity contribution in [2.24, 2.45) is 10.1 Å². The van der Waals surface area contributed by atoms with E-state index in [1.807, 2.05) is 36.6 Å². The number of pyridine rings is 1. The fraction of sp³-hybridized carbons (Fsp3) is 0.133. The van der Waals surface area contributed by atoms with Crippen LogP contribution in [-0.4, -0.2) is 22.4 Å². The van der Waals surface area contributed by atoms with E-state index in [0.717, 1.165) is 21.8 Å². The predicted molar refractivity (Wildman–Crippen MR) is 83.3 cm³/mol. The first-order valence-electron chi connectivity index (χ1n) is 6.58. The van der Waals surface area contributed by atoms with Gasteiger partial charge in [0.25, 0.3) is 0 Å². The maximum Gasteiger partial charge on any atom is 0.206 e. The van der Waals surface area contributed by atoms with Crippen LogP contribution in [0.5, 0.6) is 0 Å². The van der Waals surface area contributed by atoms with E-state index >= 15 is 0 Å². The zero-order chi connectivity index (χ0) is 14.5. The standard InChI is InChI=1S/C15H14N4OS/c1-2-17-15-19(18-10-12-5-3-7-16-9-12)13(11-21-15)14-6-4-8-20-14/h3-11H,2H2,1H3. The highest BCUT2D eigenvalue weighted by molar-refractivity contribution is 7.07. The van der Waals surface area contributed by atoms with Crippen LogP contribution in [0.1, 0.15) is 12.5 Å². The van der Waals surface area contributed by atoms with Crippen LogP contribution < -0.4 is 4.80 Å². The van der Waals surface area contributed by atoms with Crippen molar-refractivity contribution >= 4 is 17.6 Å². The Morgan fingerprint density at radius 2 is 2.33 bits per heavy atom. The molecular weight excluding hydrogens is 284 g/mol. The molecule has 0 bridgehead atoms. The van der Waals surface area contributed by atoms with Gasteiger partial charge in [-0.1, -0.05) is 6.07 Å². The SMILES string of the molecule is CCN=c1scc(-c2ccco2)n1N=Cc1cccnc1. The first-order valence-corrected chi connectivity index (χ1v) is 7.45. The largest absolute Gasteiger partial charge is 0.463 e. The quantitative estimate of drug-likeness (QED) is 0.695. The van der Waals surface area contributed by atoms with Crippen LogP contribution in [0.2, 0.25) is 0 Å². The molecule has 0 saturated carbocycles. The van der Waals surface area contributed by atoms with Crippen molar-refractivity contribution in [3.8, 4) is 11.5 Å². The molecule has 106 valence electrons. The number of thiazole rings is 1. The van der Waals surface area contributed by atoms with Crippen LogP contribution >= 0.6 is 11.3 Å². The van der Waals surface area contributed by atoms with Gasteiger partial charge in [0.2, 0.25) is 4.80 Å². The third-order valence-corrected chi connectivity index (χ3v) is 3.61. The van der Waals surface area contributed by atoms with E-state index in [4.69, 9.17) is 4.42 Å². The highest BCUT2D eigenvalue weighted by Crippen LogP contribution is 2.20. The lowest BCUT2D eigenvalue weighted by atomic mass is 10.3. The van der Waals surface area contributed by atoms with Gasteiger partial charge < -0.3 is 4.42 Å². The molecule has 3 aromatic heterocycles. The summed E-state index contributed by atoms with van der Waals surface area (Å²) in [5, 5.41) is 6.51. The predicted octanol–water partition coefficient (Wildman–Crippen LogP) is 3.01. The van der Waals surface area contributed by atoms with Crippen LogP contribution in [-0.2, 0) is 0 Å². The van der Waals surface area contributed by atoms with E-state index in [1.165, 1.54) is 0 Å². The Labute approximate surface area is 125 Å². The maximum atomic E-state index is 5.46. The van der Waals surface area contributed by atoms with Gasteiger partial charge in [0.05, 0.1) is 12.5 Å². The molecule has 21 heavy (non-hydrogen) atoms. The number of hydrogen-bond donors (Lipinski definition) is 0. The van der Waals surface area contributed by atoms with E-state index in [0.29, 0.717) is 6.54 Å². The number of rotatable bonds is 4. The summed E-state index contributed by atoms with van der Waals surface area (Å²) in [4.78, 5) is 9.37. The monoisotopic (exact) mass is 298 g/mol. The van der Waals surface area contributed by atoms with Gasteiger partial charge in [-0.05, 0) is 25.1 Å². The molecule has 6 heteroatoms. The highest BCUT2D eigenvalue weighted by atomic mass is 32.1. The molecule has 0 atom stereocenters. The molecule has 0 unspecified atom stereocenters. The summed E-state index contributed by atoms with van der Waals surface area (Å²) in [6.07, 6.45) is 6.92. The Hall–Kier alpha value is -2.47. The van der Waals surface area contributed by atoms with Gasteiger partial charge >= 0.3 is 0 Å². The van der Waals surface area contributed by atoms with Crippen molar-refractivity contribution in [3.05, 3.63) is 58.7 Å². The topological polar surface area (TPSA) is 55.7 Å². The van der Waals surface area contributed by atoms with Crippen molar-refractivity contribution < 1.29 is 4.42 Å². The third kappa shape index (κ3) is 3.00. The summed E-state index contributed by atoms with van der Waals surface area (Å²) in [5.74, 6) is 0.770. The number of aromatic nitrogens is 2. The van der Waals surface area contributed by atoms with Crippen LogP contribution in [0.15, 0.2) is 62.8 Å². The zero-order valence-electron chi connectivity index (χ0n) is 11.5. The Morgan fingerprint density at radius 1 is 1.38 bits per heavy atom. The molecule has 0 aliphatic carbocycles. The summed E-state index contributed by atoms with van der Waals surface area (Å²) >= 11 is 1.54.